The number of aromatic nitrogens is 1. The van der Waals surface area contributed by atoms with Gasteiger partial charge in [0, 0.05) is 42.2 Å². The zero-order valence-electron chi connectivity index (χ0n) is 18.1. The van der Waals surface area contributed by atoms with Crippen molar-refractivity contribution < 1.29 is 27.9 Å². The second-order valence-electron chi connectivity index (χ2n) is 7.37. The van der Waals surface area contributed by atoms with Gasteiger partial charge in [-0.1, -0.05) is 25.5 Å². The lowest BCUT2D eigenvalue weighted by Gasteiger charge is -2.15. The highest BCUT2D eigenvalue weighted by atomic mass is 32.2. The standard InChI is InChI=1S/C20H28N6O6S/c1-2-3-8-33(31,32)26-16(20(29)30)11-25-17(27)6-7-23-19(28)14-10-24-15-9-12(18(21)22)4-5-13(14)15/h4-5,9-10,16,24,26H,2-3,6-8,11H2,1H3,(H3,21,22)(H,23,28)(H,25,27)(H,29,30)/t16-/m0/s1. The fraction of sp³-hybridized carbons (Fsp3) is 0.400. The fourth-order valence-corrected chi connectivity index (χ4v) is 4.36. The van der Waals surface area contributed by atoms with Crippen molar-refractivity contribution in [2.24, 2.45) is 5.73 Å². The number of sulfonamides is 1. The van der Waals surface area contributed by atoms with Gasteiger partial charge in [-0.25, -0.2) is 8.42 Å². The van der Waals surface area contributed by atoms with E-state index in [0.29, 0.717) is 34.9 Å². The highest BCUT2D eigenvalue weighted by Crippen LogP contribution is 2.19. The van der Waals surface area contributed by atoms with Crippen LogP contribution >= 0.6 is 0 Å². The first-order chi connectivity index (χ1) is 15.5. The van der Waals surface area contributed by atoms with E-state index in [-0.39, 0.29) is 24.6 Å². The second kappa shape index (κ2) is 11.4. The van der Waals surface area contributed by atoms with Crippen LogP contribution in [-0.4, -0.2) is 67.0 Å². The van der Waals surface area contributed by atoms with E-state index in [1.807, 2.05) is 6.92 Å². The highest BCUT2D eigenvalue weighted by Gasteiger charge is 2.24. The number of amides is 2. The number of hydrogen-bond acceptors (Lipinski definition) is 6. The van der Waals surface area contributed by atoms with Crippen LogP contribution in [-0.2, 0) is 19.6 Å². The van der Waals surface area contributed by atoms with Crippen LogP contribution in [0.25, 0.3) is 10.9 Å². The van der Waals surface area contributed by atoms with Crippen molar-refractivity contribution in [1.29, 1.82) is 5.41 Å². The minimum absolute atomic E-state index is 0.0111. The number of carboxylic acids is 1. The first-order valence-corrected chi connectivity index (χ1v) is 11.9. The van der Waals surface area contributed by atoms with Gasteiger partial charge >= 0.3 is 5.97 Å². The van der Waals surface area contributed by atoms with E-state index < -0.39 is 40.4 Å². The Hall–Kier alpha value is -3.45. The molecule has 0 unspecified atom stereocenters. The molecule has 0 saturated heterocycles. The molecule has 1 aromatic heterocycles. The van der Waals surface area contributed by atoms with Crippen LogP contribution in [0.4, 0.5) is 0 Å². The first-order valence-electron chi connectivity index (χ1n) is 10.3. The molecule has 0 fully saturated rings. The van der Waals surface area contributed by atoms with E-state index in [0.717, 1.165) is 0 Å². The molecule has 0 aliphatic heterocycles. The lowest BCUT2D eigenvalue weighted by Crippen LogP contribution is -2.49. The van der Waals surface area contributed by atoms with Gasteiger partial charge in [0.25, 0.3) is 5.91 Å². The van der Waals surface area contributed by atoms with Gasteiger partial charge in [-0.05, 0) is 12.5 Å². The Balaban J connectivity index is 1.84. The van der Waals surface area contributed by atoms with Crippen molar-refractivity contribution in [1.82, 2.24) is 20.3 Å². The van der Waals surface area contributed by atoms with Crippen LogP contribution in [0, 0.1) is 5.41 Å². The fourth-order valence-electron chi connectivity index (χ4n) is 2.96. The number of nitrogens with one attached hydrogen (secondary N) is 5. The number of hydrogen-bond donors (Lipinski definition) is 7. The number of benzene rings is 1. The van der Waals surface area contributed by atoms with E-state index in [1.54, 1.807) is 18.2 Å². The molecule has 0 radical (unpaired) electrons. The van der Waals surface area contributed by atoms with Gasteiger partial charge in [0.2, 0.25) is 15.9 Å². The Labute approximate surface area is 190 Å². The third-order valence-corrected chi connectivity index (χ3v) is 6.23. The molecule has 0 aliphatic rings. The van der Waals surface area contributed by atoms with Gasteiger partial charge in [0.15, 0.2) is 0 Å². The average molecular weight is 481 g/mol. The molecule has 0 spiro atoms. The largest absolute Gasteiger partial charge is 0.480 e. The van der Waals surface area contributed by atoms with Crippen LogP contribution in [0.2, 0.25) is 0 Å². The van der Waals surface area contributed by atoms with Gasteiger partial charge in [-0.2, -0.15) is 4.72 Å². The summed E-state index contributed by atoms with van der Waals surface area (Å²) in [6.45, 7) is 1.38. The molecule has 0 saturated carbocycles. The molecule has 1 aromatic carbocycles. The van der Waals surface area contributed by atoms with E-state index in [4.69, 9.17) is 11.1 Å². The summed E-state index contributed by atoms with van der Waals surface area (Å²) in [5.41, 5.74) is 6.96. The average Bonchev–Trinajstić information content (AvgIpc) is 3.18. The van der Waals surface area contributed by atoms with Gasteiger partial charge in [0.05, 0.1) is 11.3 Å². The van der Waals surface area contributed by atoms with Crippen molar-refractivity contribution >= 4 is 44.5 Å². The van der Waals surface area contributed by atoms with Crippen LogP contribution in [0.5, 0.6) is 0 Å². The SMILES string of the molecule is CCCCS(=O)(=O)N[C@@H](CNC(=O)CCNC(=O)c1c[nH]c2cc(C(=N)N)ccc12)C(=O)O. The zero-order valence-corrected chi connectivity index (χ0v) is 18.9. The summed E-state index contributed by atoms with van der Waals surface area (Å²) < 4.78 is 25.9. The monoisotopic (exact) mass is 480 g/mol. The molecule has 1 atom stereocenters. The summed E-state index contributed by atoms with van der Waals surface area (Å²) in [5.74, 6) is -2.66. The molecule has 1 heterocycles. The minimum Gasteiger partial charge on any atom is -0.480 e. The summed E-state index contributed by atoms with van der Waals surface area (Å²) in [7, 11) is -3.78. The Kier molecular flexibility index (Phi) is 8.94. The smallest absolute Gasteiger partial charge is 0.323 e. The number of carbonyl (C=O) groups excluding carboxylic acids is 2. The van der Waals surface area contributed by atoms with E-state index >= 15 is 0 Å². The number of nitrogen functional groups attached to an aromatic ring is 1. The Morgan fingerprint density at radius 1 is 1.24 bits per heavy atom. The Morgan fingerprint density at radius 3 is 2.61 bits per heavy atom. The normalized spacial score (nSPS) is 12.3. The van der Waals surface area contributed by atoms with Gasteiger partial charge in [0.1, 0.15) is 11.9 Å². The minimum atomic E-state index is -3.78. The molecule has 33 heavy (non-hydrogen) atoms. The third kappa shape index (κ3) is 7.57. The van der Waals surface area contributed by atoms with E-state index in [2.05, 4.69) is 20.3 Å². The predicted molar refractivity (Wildman–Crippen MR) is 123 cm³/mol. The maximum absolute atomic E-state index is 12.4. The summed E-state index contributed by atoms with van der Waals surface area (Å²) in [6.07, 6.45) is 2.41. The summed E-state index contributed by atoms with van der Waals surface area (Å²) in [5, 5.41) is 22.3. The number of aromatic amines is 1. The number of carbonyl (C=O) groups is 3. The third-order valence-electron chi connectivity index (χ3n) is 4.76. The van der Waals surface area contributed by atoms with Gasteiger partial charge in [-0.15, -0.1) is 0 Å². The number of carboxylic acid groups (broad SMARTS) is 1. The number of fused-ring (bicyclic) bond motifs is 1. The van der Waals surface area contributed by atoms with Gasteiger partial charge in [-0.3, -0.25) is 19.8 Å². The van der Waals surface area contributed by atoms with Crippen molar-refractivity contribution in [3.05, 3.63) is 35.5 Å². The molecule has 2 rings (SSSR count). The van der Waals surface area contributed by atoms with Crippen molar-refractivity contribution in [3.8, 4) is 0 Å². The first kappa shape index (κ1) is 25.8. The summed E-state index contributed by atoms with van der Waals surface area (Å²) in [6, 6.07) is 3.45. The summed E-state index contributed by atoms with van der Waals surface area (Å²) >= 11 is 0. The number of nitrogens with two attached hydrogens (primary N) is 1. The van der Waals surface area contributed by atoms with Crippen LogP contribution in [0.15, 0.2) is 24.4 Å². The second-order valence-corrected chi connectivity index (χ2v) is 9.24. The topological polar surface area (TPSA) is 207 Å². The van der Waals surface area contributed by atoms with E-state index in [1.165, 1.54) is 6.20 Å². The lowest BCUT2D eigenvalue weighted by molar-refractivity contribution is -0.138. The maximum atomic E-state index is 12.4. The maximum Gasteiger partial charge on any atom is 0.323 e. The quantitative estimate of drug-likeness (QED) is 0.152. The molecule has 2 amide bonds. The highest BCUT2D eigenvalue weighted by molar-refractivity contribution is 7.89. The Bertz CT molecular complexity index is 1140. The van der Waals surface area contributed by atoms with Crippen LogP contribution in [0.3, 0.4) is 0 Å². The molecule has 12 nitrogen and oxygen atoms in total. The molecule has 0 bridgehead atoms. The van der Waals surface area contributed by atoms with Crippen LogP contribution in [0.1, 0.15) is 42.1 Å². The number of unbranched alkanes of at least 4 members (excludes halogenated alkanes) is 1. The Morgan fingerprint density at radius 2 is 1.97 bits per heavy atom. The van der Waals surface area contributed by atoms with E-state index in [9.17, 15) is 27.9 Å². The molecule has 0 aliphatic carbocycles. The molecule has 2 aromatic rings. The molecule has 8 N–H and O–H groups in total. The molecular formula is C20H28N6O6S. The van der Waals surface area contributed by atoms with Crippen molar-refractivity contribution in [2.45, 2.75) is 32.2 Å². The van der Waals surface area contributed by atoms with Crippen molar-refractivity contribution in [3.63, 3.8) is 0 Å². The molecule has 13 heteroatoms. The number of amidine groups is 1. The van der Waals surface area contributed by atoms with Gasteiger partial charge < -0.3 is 26.5 Å². The van der Waals surface area contributed by atoms with Crippen LogP contribution < -0.4 is 21.1 Å². The number of rotatable bonds is 13. The molecule has 180 valence electrons. The molecular weight excluding hydrogens is 452 g/mol. The zero-order chi connectivity index (χ0) is 24.6. The predicted octanol–water partition coefficient (Wildman–Crippen LogP) is -0.139. The van der Waals surface area contributed by atoms with Crippen molar-refractivity contribution in [2.75, 3.05) is 18.8 Å². The number of aliphatic carboxylic acids is 1. The lowest BCUT2D eigenvalue weighted by atomic mass is 10.1. The number of H-pyrrole nitrogens is 1. The summed E-state index contributed by atoms with van der Waals surface area (Å²) in [4.78, 5) is 38.7.